The standard InChI is InChI=1S/C11H15NO4S.2C2H6/c1-3-9-6-4-5-7-10(9)8-16-11(13)12-17(2,14)15;2*1-2/h4-7H,3,8H2,1-2H3,(H,12,13);2*1-2H3. The molecule has 0 aliphatic carbocycles. The quantitative estimate of drug-likeness (QED) is 0.922. The molecule has 0 aliphatic heterocycles. The Morgan fingerprint density at radius 1 is 1.10 bits per heavy atom. The van der Waals surface area contributed by atoms with Gasteiger partial charge in [-0.3, -0.25) is 0 Å². The Hall–Kier alpha value is -1.56. The molecule has 122 valence electrons. The van der Waals surface area contributed by atoms with Crippen molar-refractivity contribution in [3.8, 4) is 0 Å². The monoisotopic (exact) mass is 317 g/mol. The fourth-order valence-corrected chi connectivity index (χ4v) is 1.73. The van der Waals surface area contributed by atoms with E-state index >= 15 is 0 Å². The van der Waals surface area contributed by atoms with Crippen LogP contribution in [0.1, 0.15) is 45.7 Å². The number of nitrogens with one attached hydrogen (secondary N) is 1. The zero-order valence-electron chi connectivity index (χ0n) is 13.8. The zero-order valence-corrected chi connectivity index (χ0v) is 14.6. The summed E-state index contributed by atoms with van der Waals surface area (Å²) in [5.41, 5.74) is 1.94. The van der Waals surface area contributed by atoms with Gasteiger partial charge in [-0.25, -0.2) is 17.9 Å². The number of rotatable bonds is 4. The summed E-state index contributed by atoms with van der Waals surface area (Å²) >= 11 is 0. The molecule has 0 unspecified atom stereocenters. The molecule has 6 heteroatoms. The Morgan fingerprint density at radius 3 is 2.00 bits per heavy atom. The molecular weight excluding hydrogens is 290 g/mol. The molecule has 1 amide bonds. The Labute approximate surface area is 128 Å². The van der Waals surface area contributed by atoms with Gasteiger partial charge in [-0.15, -0.1) is 0 Å². The molecule has 1 aromatic rings. The number of sulfonamides is 1. The SMILES string of the molecule is CC.CC.CCc1ccccc1COC(=O)NS(C)(=O)=O. The van der Waals surface area contributed by atoms with E-state index < -0.39 is 16.1 Å². The van der Waals surface area contributed by atoms with Crippen LogP contribution in [0.15, 0.2) is 24.3 Å². The molecular formula is C15H27NO4S. The van der Waals surface area contributed by atoms with Crippen LogP contribution in [0, 0.1) is 0 Å². The van der Waals surface area contributed by atoms with Crippen molar-refractivity contribution in [2.75, 3.05) is 6.26 Å². The van der Waals surface area contributed by atoms with Crippen LogP contribution in [-0.4, -0.2) is 20.8 Å². The molecule has 5 nitrogen and oxygen atoms in total. The number of carbonyl (C=O) groups is 1. The molecule has 1 N–H and O–H groups in total. The number of ether oxygens (including phenoxy) is 1. The highest BCUT2D eigenvalue weighted by Gasteiger charge is 2.10. The first-order valence-corrected chi connectivity index (χ1v) is 9.03. The second-order valence-corrected chi connectivity index (χ2v) is 5.32. The molecule has 1 rings (SSSR count). The summed E-state index contributed by atoms with van der Waals surface area (Å²) in [7, 11) is -3.57. The molecule has 0 heterocycles. The zero-order chi connectivity index (χ0) is 16.9. The minimum absolute atomic E-state index is 0.0609. The number of aryl methyl sites for hydroxylation is 1. The minimum atomic E-state index is -3.57. The van der Waals surface area contributed by atoms with Crippen molar-refractivity contribution in [3.63, 3.8) is 0 Å². The van der Waals surface area contributed by atoms with E-state index in [0.717, 1.165) is 23.8 Å². The first-order chi connectivity index (χ1) is 9.92. The third kappa shape index (κ3) is 10.8. The molecule has 0 bridgehead atoms. The van der Waals surface area contributed by atoms with E-state index in [4.69, 9.17) is 4.74 Å². The van der Waals surface area contributed by atoms with Gasteiger partial charge in [-0.05, 0) is 17.5 Å². The summed E-state index contributed by atoms with van der Waals surface area (Å²) in [6.45, 7) is 10.1. The lowest BCUT2D eigenvalue weighted by atomic mass is 10.1. The highest BCUT2D eigenvalue weighted by molar-refractivity contribution is 7.89. The number of carbonyl (C=O) groups excluding carboxylic acids is 1. The Morgan fingerprint density at radius 2 is 1.57 bits per heavy atom. The fraction of sp³-hybridized carbons (Fsp3) is 0.533. The minimum Gasteiger partial charge on any atom is -0.444 e. The van der Waals surface area contributed by atoms with Crippen LogP contribution < -0.4 is 4.72 Å². The van der Waals surface area contributed by atoms with Gasteiger partial charge >= 0.3 is 6.09 Å². The molecule has 0 spiro atoms. The Bertz CT molecular complexity index is 498. The average Bonchev–Trinajstić information content (AvgIpc) is 2.48. The van der Waals surface area contributed by atoms with E-state index in [1.54, 1.807) is 4.72 Å². The van der Waals surface area contributed by atoms with Gasteiger partial charge in [-0.2, -0.15) is 0 Å². The summed E-state index contributed by atoms with van der Waals surface area (Å²) in [5, 5.41) is 0. The number of amides is 1. The molecule has 0 aliphatic rings. The van der Waals surface area contributed by atoms with E-state index in [1.807, 2.05) is 58.9 Å². The maximum Gasteiger partial charge on any atom is 0.421 e. The Balaban J connectivity index is 0. The summed E-state index contributed by atoms with van der Waals surface area (Å²) in [6.07, 6.45) is 0.764. The van der Waals surface area contributed by atoms with Crippen LogP contribution in [0.25, 0.3) is 0 Å². The molecule has 0 fully saturated rings. The maximum atomic E-state index is 11.1. The van der Waals surface area contributed by atoms with Gasteiger partial charge in [0.2, 0.25) is 10.0 Å². The highest BCUT2D eigenvalue weighted by Crippen LogP contribution is 2.10. The average molecular weight is 317 g/mol. The first-order valence-electron chi connectivity index (χ1n) is 7.13. The van der Waals surface area contributed by atoms with Crippen LogP contribution in [0.4, 0.5) is 4.79 Å². The van der Waals surface area contributed by atoms with Crippen LogP contribution in [0.2, 0.25) is 0 Å². The van der Waals surface area contributed by atoms with E-state index in [1.165, 1.54) is 0 Å². The van der Waals surface area contributed by atoms with Gasteiger partial charge in [0.15, 0.2) is 0 Å². The van der Waals surface area contributed by atoms with Crippen molar-refractivity contribution < 1.29 is 17.9 Å². The van der Waals surface area contributed by atoms with Gasteiger partial charge in [0, 0.05) is 0 Å². The molecule has 0 atom stereocenters. The summed E-state index contributed by atoms with van der Waals surface area (Å²) in [6, 6.07) is 7.52. The Kier molecular flexibility index (Phi) is 12.6. The van der Waals surface area contributed by atoms with Crippen LogP contribution in [0.5, 0.6) is 0 Å². The lowest BCUT2D eigenvalue weighted by Crippen LogP contribution is -2.29. The maximum absolute atomic E-state index is 11.1. The van der Waals surface area contributed by atoms with Crippen LogP contribution in [-0.2, 0) is 27.8 Å². The predicted octanol–water partition coefficient (Wildman–Crippen LogP) is 3.49. The van der Waals surface area contributed by atoms with Gasteiger partial charge in [-0.1, -0.05) is 58.9 Å². The normalized spacial score (nSPS) is 9.43. The molecule has 1 aromatic carbocycles. The van der Waals surface area contributed by atoms with Crippen molar-refractivity contribution >= 4 is 16.1 Å². The van der Waals surface area contributed by atoms with Crippen molar-refractivity contribution in [1.82, 2.24) is 4.72 Å². The number of hydrogen-bond acceptors (Lipinski definition) is 4. The fourth-order valence-electron chi connectivity index (χ4n) is 1.37. The molecule has 0 radical (unpaired) electrons. The first kappa shape index (κ1) is 21.7. The lowest BCUT2D eigenvalue weighted by molar-refractivity contribution is 0.146. The van der Waals surface area contributed by atoms with E-state index in [2.05, 4.69) is 0 Å². The van der Waals surface area contributed by atoms with Crippen molar-refractivity contribution in [2.24, 2.45) is 0 Å². The largest absolute Gasteiger partial charge is 0.444 e. The van der Waals surface area contributed by atoms with Gasteiger partial charge in [0.05, 0.1) is 6.26 Å². The molecule has 0 aromatic heterocycles. The smallest absolute Gasteiger partial charge is 0.421 e. The third-order valence-electron chi connectivity index (χ3n) is 2.13. The van der Waals surface area contributed by atoms with Gasteiger partial charge in [0.1, 0.15) is 6.61 Å². The summed E-state index contributed by atoms with van der Waals surface area (Å²) < 4.78 is 28.1. The lowest BCUT2D eigenvalue weighted by Gasteiger charge is -2.08. The number of hydrogen-bond donors (Lipinski definition) is 1. The highest BCUT2D eigenvalue weighted by atomic mass is 32.2. The van der Waals surface area contributed by atoms with Crippen molar-refractivity contribution in [3.05, 3.63) is 35.4 Å². The molecule has 0 saturated heterocycles. The van der Waals surface area contributed by atoms with Gasteiger partial charge < -0.3 is 4.74 Å². The van der Waals surface area contributed by atoms with Crippen LogP contribution in [0.3, 0.4) is 0 Å². The summed E-state index contributed by atoms with van der Waals surface area (Å²) in [5.74, 6) is 0. The summed E-state index contributed by atoms with van der Waals surface area (Å²) in [4.78, 5) is 11.1. The van der Waals surface area contributed by atoms with Crippen molar-refractivity contribution in [1.29, 1.82) is 0 Å². The number of benzene rings is 1. The topological polar surface area (TPSA) is 72.5 Å². The van der Waals surface area contributed by atoms with E-state index in [0.29, 0.717) is 0 Å². The molecule has 0 saturated carbocycles. The van der Waals surface area contributed by atoms with Gasteiger partial charge in [0.25, 0.3) is 0 Å². The van der Waals surface area contributed by atoms with Crippen LogP contribution >= 0.6 is 0 Å². The molecule has 21 heavy (non-hydrogen) atoms. The second kappa shape index (κ2) is 12.2. The predicted molar refractivity (Wildman–Crippen MR) is 86.7 cm³/mol. The van der Waals surface area contributed by atoms with Crippen molar-refractivity contribution in [2.45, 2.75) is 47.6 Å². The second-order valence-electron chi connectivity index (χ2n) is 3.57. The van der Waals surface area contributed by atoms with E-state index in [9.17, 15) is 13.2 Å². The third-order valence-corrected chi connectivity index (χ3v) is 2.66. The van der Waals surface area contributed by atoms with E-state index in [-0.39, 0.29) is 6.61 Å².